The minimum atomic E-state index is -0.0846. The highest BCUT2D eigenvalue weighted by atomic mass is 79.9. The lowest BCUT2D eigenvalue weighted by Gasteiger charge is -2.30. The zero-order valence-corrected chi connectivity index (χ0v) is 19.0. The van der Waals surface area contributed by atoms with Crippen molar-refractivity contribution in [1.82, 2.24) is 10.2 Å². The predicted molar refractivity (Wildman–Crippen MR) is 124 cm³/mol. The first-order chi connectivity index (χ1) is 15.0. The Bertz CT molecular complexity index is 1080. The number of carbonyl (C=O) groups is 1. The molecule has 4 rings (SSSR count). The molecule has 0 aromatic heterocycles. The van der Waals surface area contributed by atoms with Crippen LogP contribution in [0.15, 0.2) is 65.1 Å². The van der Waals surface area contributed by atoms with Gasteiger partial charge in [-0.05, 0) is 65.1 Å². The monoisotopic (exact) mass is 480 g/mol. The number of benzene rings is 3. The first-order valence-corrected chi connectivity index (χ1v) is 11.0. The summed E-state index contributed by atoms with van der Waals surface area (Å²) in [5, 5.41) is 13.2. The summed E-state index contributed by atoms with van der Waals surface area (Å²) < 4.78 is 6.18. The standard InChI is InChI=1S/C25H25BrN2O3/c1-31-24-13-18-10-11-28(16-21(18)12-23(24)29)15-20-5-3-2-4-19(20)14-27-25(30)17-6-8-22(26)9-7-17/h2-9,12-13,29H,10-11,14-16H2,1H3,(H,27,30). The summed E-state index contributed by atoms with van der Waals surface area (Å²) in [7, 11) is 1.57. The number of hydrogen-bond donors (Lipinski definition) is 2. The number of carbonyl (C=O) groups excluding carboxylic acids is 1. The number of nitrogens with one attached hydrogen (secondary N) is 1. The van der Waals surface area contributed by atoms with Gasteiger partial charge in [-0.2, -0.15) is 0 Å². The lowest BCUT2D eigenvalue weighted by molar-refractivity contribution is 0.0950. The van der Waals surface area contributed by atoms with E-state index >= 15 is 0 Å². The molecule has 0 bridgehead atoms. The number of methoxy groups -OCH3 is 1. The van der Waals surface area contributed by atoms with Crippen molar-refractivity contribution in [2.24, 2.45) is 0 Å². The number of rotatable bonds is 6. The van der Waals surface area contributed by atoms with E-state index in [1.54, 1.807) is 19.2 Å². The highest BCUT2D eigenvalue weighted by Crippen LogP contribution is 2.32. The smallest absolute Gasteiger partial charge is 0.251 e. The molecule has 6 heteroatoms. The van der Waals surface area contributed by atoms with E-state index in [9.17, 15) is 9.90 Å². The Morgan fingerprint density at radius 1 is 1.10 bits per heavy atom. The van der Waals surface area contributed by atoms with Crippen molar-refractivity contribution in [3.05, 3.63) is 93.0 Å². The summed E-state index contributed by atoms with van der Waals surface area (Å²) in [5.74, 6) is 0.622. The van der Waals surface area contributed by atoms with E-state index in [4.69, 9.17) is 4.74 Å². The van der Waals surface area contributed by atoms with Crippen LogP contribution in [0, 0.1) is 0 Å². The van der Waals surface area contributed by atoms with Gasteiger partial charge in [-0.25, -0.2) is 0 Å². The summed E-state index contributed by atoms with van der Waals surface area (Å²) in [6.07, 6.45) is 0.911. The highest BCUT2D eigenvalue weighted by molar-refractivity contribution is 9.10. The van der Waals surface area contributed by atoms with Crippen LogP contribution in [0.1, 0.15) is 32.6 Å². The van der Waals surface area contributed by atoms with Gasteiger partial charge in [-0.15, -0.1) is 0 Å². The Balaban J connectivity index is 1.42. The molecule has 1 heterocycles. The van der Waals surface area contributed by atoms with Gasteiger partial charge in [0.05, 0.1) is 7.11 Å². The topological polar surface area (TPSA) is 61.8 Å². The average molecular weight is 481 g/mol. The second-order valence-electron chi connectivity index (χ2n) is 7.71. The average Bonchev–Trinajstić information content (AvgIpc) is 2.78. The van der Waals surface area contributed by atoms with E-state index < -0.39 is 0 Å². The Hall–Kier alpha value is -2.83. The normalized spacial score (nSPS) is 13.5. The van der Waals surface area contributed by atoms with Gasteiger partial charge in [0.25, 0.3) is 5.91 Å². The number of amides is 1. The minimum absolute atomic E-state index is 0.0846. The van der Waals surface area contributed by atoms with Crippen LogP contribution < -0.4 is 10.1 Å². The second-order valence-corrected chi connectivity index (χ2v) is 8.63. The van der Waals surface area contributed by atoms with Gasteiger partial charge in [0.15, 0.2) is 11.5 Å². The molecule has 31 heavy (non-hydrogen) atoms. The van der Waals surface area contributed by atoms with Crippen LogP contribution in [0.3, 0.4) is 0 Å². The van der Waals surface area contributed by atoms with Crippen LogP contribution in [0.4, 0.5) is 0 Å². The van der Waals surface area contributed by atoms with Crippen molar-refractivity contribution in [2.45, 2.75) is 26.1 Å². The van der Waals surface area contributed by atoms with Gasteiger partial charge in [0, 0.05) is 36.2 Å². The van der Waals surface area contributed by atoms with E-state index in [0.717, 1.165) is 41.7 Å². The zero-order chi connectivity index (χ0) is 21.8. The van der Waals surface area contributed by atoms with Crippen molar-refractivity contribution in [3.63, 3.8) is 0 Å². The van der Waals surface area contributed by atoms with E-state index in [0.29, 0.717) is 17.9 Å². The summed E-state index contributed by atoms with van der Waals surface area (Å²) >= 11 is 3.39. The lowest BCUT2D eigenvalue weighted by Crippen LogP contribution is -2.31. The van der Waals surface area contributed by atoms with Gasteiger partial charge in [-0.1, -0.05) is 40.2 Å². The van der Waals surface area contributed by atoms with E-state index in [1.807, 2.05) is 36.4 Å². The fourth-order valence-electron chi connectivity index (χ4n) is 3.93. The van der Waals surface area contributed by atoms with Crippen LogP contribution in [-0.4, -0.2) is 29.6 Å². The van der Waals surface area contributed by atoms with Gasteiger partial charge in [0.2, 0.25) is 0 Å². The lowest BCUT2D eigenvalue weighted by atomic mass is 9.97. The van der Waals surface area contributed by atoms with Crippen LogP contribution in [0.5, 0.6) is 11.5 Å². The maximum atomic E-state index is 12.5. The molecule has 0 saturated heterocycles. The van der Waals surface area contributed by atoms with Crippen molar-refractivity contribution in [2.75, 3.05) is 13.7 Å². The maximum absolute atomic E-state index is 12.5. The van der Waals surface area contributed by atoms with E-state index in [-0.39, 0.29) is 11.7 Å². The first kappa shape index (κ1) is 21.4. The fraction of sp³-hybridized carbons (Fsp3) is 0.240. The van der Waals surface area contributed by atoms with Crippen molar-refractivity contribution in [3.8, 4) is 11.5 Å². The molecule has 0 unspecified atom stereocenters. The van der Waals surface area contributed by atoms with Gasteiger partial charge < -0.3 is 15.2 Å². The number of fused-ring (bicyclic) bond motifs is 1. The molecule has 0 spiro atoms. The summed E-state index contributed by atoms with van der Waals surface area (Å²) in [5.41, 5.74) is 5.30. The van der Waals surface area contributed by atoms with Crippen molar-refractivity contribution < 1.29 is 14.6 Å². The molecular formula is C25H25BrN2O3. The van der Waals surface area contributed by atoms with Crippen LogP contribution >= 0.6 is 15.9 Å². The van der Waals surface area contributed by atoms with Gasteiger partial charge in [0.1, 0.15) is 0 Å². The third-order valence-corrected chi connectivity index (χ3v) is 6.18. The third-order valence-electron chi connectivity index (χ3n) is 5.65. The SMILES string of the molecule is COc1cc2c(cc1O)CN(Cc1ccccc1CNC(=O)c1ccc(Br)cc1)CC2. The van der Waals surface area contributed by atoms with Crippen molar-refractivity contribution in [1.29, 1.82) is 0 Å². The minimum Gasteiger partial charge on any atom is -0.504 e. The predicted octanol–water partition coefficient (Wildman–Crippen LogP) is 4.65. The Kier molecular flexibility index (Phi) is 6.59. The summed E-state index contributed by atoms with van der Waals surface area (Å²) in [6.45, 7) is 2.97. The van der Waals surface area contributed by atoms with Gasteiger partial charge >= 0.3 is 0 Å². The van der Waals surface area contributed by atoms with Crippen LogP contribution in [-0.2, 0) is 26.1 Å². The summed E-state index contributed by atoms with van der Waals surface area (Å²) in [6, 6.07) is 19.3. The number of ether oxygens (including phenoxy) is 1. The van der Waals surface area contributed by atoms with Crippen LogP contribution in [0.25, 0.3) is 0 Å². The number of phenols is 1. The molecule has 1 aliphatic rings. The summed E-state index contributed by atoms with van der Waals surface area (Å²) in [4.78, 5) is 14.8. The molecule has 160 valence electrons. The number of phenolic OH excluding ortho intramolecular Hbond substituents is 1. The number of halogens is 1. The van der Waals surface area contributed by atoms with Crippen LogP contribution in [0.2, 0.25) is 0 Å². The Morgan fingerprint density at radius 3 is 2.58 bits per heavy atom. The van der Waals surface area contributed by atoms with E-state index in [1.165, 1.54) is 11.1 Å². The first-order valence-electron chi connectivity index (χ1n) is 10.2. The molecule has 5 nitrogen and oxygen atoms in total. The molecule has 0 aliphatic carbocycles. The maximum Gasteiger partial charge on any atom is 0.251 e. The van der Waals surface area contributed by atoms with Crippen molar-refractivity contribution >= 4 is 21.8 Å². The van der Waals surface area contributed by atoms with Gasteiger partial charge in [-0.3, -0.25) is 9.69 Å². The molecule has 0 radical (unpaired) electrons. The molecule has 3 aromatic rings. The third kappa shape index (κ3) is 5.09. The second kappa shape index (κ2) is 9.54. The molecule has 0 atom stereocenters. The Labute approximate surface area is 190 Å². The molecule has 3 aromatic carbocycles. The Morgan fingerprint density at radius 2 is 1.84 bits per heavy atom. The fourth-order valence-corrected chi connectivity index (χ4v) is 4.20. The number of nitrogens with zero attached hydrogens (tertiary/aromatic N) is 1. The molecule has 0 saturated carbocycles. The molecule has 1 amide bonds. The molecule has 2 N–H and O–H groups in total. The largest absolute Gasteiger partial charge is 0.504 e. The molecule has 1 aliphatic heterocycles. The quantitative estimate of drug-likeness (QED) is 0.538. The zero-order valence-electron chi connectivity index (χ0n) is 17.4. The molecule has 0 fully saturated rings. The number of aromatic hydroxyl groups is 1. The highest BCUT2D eigenvalue weighted by Gasteiger charge is 2.20. The number of hydrogen-bond acceptors (Lipinski definition) is 4. The van der Waals surface area contributed by atoms with E-state index in [2.05, 4.69) is 38.3 Å². The molecular weight excluding hydrogens is 456 g/mol.